The van der Waals surface area contributed by atoms with E-state index < -0.39 is 0 Å². The molecule has 7 nitrogen and oxygen atoms in total. The fourth-order valence-electron chi connectivity index (χ4n) is 6.61. The molecule has 2 aliphatic heterocycles. The van der Waals surface area contributed by atoms with Gasteiger partial charge in [0.05, 0.1) is 0 Å². The number of aromatic nitrogens is 3. The van der Waals surface area contributed by atoms with Crippen molar-refractivity contribution in [2.24, 2.45) is 0 Å². The van der Waals surface area contributed by atoms with Gasteiger partial charge in [-0.25, -0.2) is 0 Å². The molecule has 0 bridgehead atoms. The third-order valence-electron chi connectivity index (χ3n) is 9.20. The van der Waals surface area contributed by atoms with Gasteiger partial charge in [0.1, 0.15) is 0 Å². The van der Waals surface area contributed by atoms with E-state index in [-0.39, 0.29) is 40.8 Å². The first kappa shape index (κ1) is 35.4. The second-order valence-electron chi connectivity index (χ2n) is 12.4. The van der Waals surface area contributed by atoms with Gasteiger partial charge in [-0.2, -0.15) is 0 Å². The number of hydrogen-bond acceptors (Lipinski definition) is 7. The number of fused-ring (bicyclic) bond motifs is 6. The first-order chi connectivity index (χ1) is 26.3. The Hall–Kier alpha value is -4.29. The van der Waals surface area contributed by atoms with Gasteiger partial charge in [0.25, 0.3) is 0 Å². The van der Waals surface area contributed by atoms with E-state index in [1.165, 1.54) is 74.1 Å². The molecule has 10 rings (SSSR count). The average Bonchev–Trinajstić information content (AvgIpc) is 4.05. The van der Waals surface area contributed by atoms with E-state index in [1.54, 1.807) is 14.1 Å². The molecule has 0 aliphatic carbocycles. The average molecular weight is 908 g/mol. The SMILES string of the molecule is CN1C(=O)/C(=C\c2ccc(-n3c4ccccc4c4ccccc43)[se]2)SC1=S.CN1C(=O)/C(=C\c2ccc(-n3c4ccccc4c4cccnc43)[se]2)SC1=S. The molecule has 13 heteroatoms. The van der Waals surface area contributed by atoms with Gasteiger partial charge in [0.15, 0.2) is 0 Å². The van der Waals surface area contributed by atoms with Gasteiger partial charge in [-0.1, -0.05) is 0 Å². The molecular weight excluding hydrogens is 881 g/mol. The van der Waals surface area contributed by atoms with Crippen molar-refractivity contribution in [2.75, 3.05) is 14.1 Å². The molecule has 2 fully saturated rings. The molecule has 0 atom stereocenters. The van der Waals surface area contributed by atoms with Crippen LogP contribution in [-0.4, -0.2) is 87.5 Å². The van der Waals surface area contributed by atoms with E-state index in [2.05, 4.69) is 117 Å². The Morgan fingerprint density at radius 3 is 1.46 bits per heavy atom. The Kier molecular flexibility index (Phi) is 9.45. The summed E-state index contributed by atoms with van der Waals surface area (Å²) < 4.78 is 10.7. The van der Waals surface area contributed by atoms with Crippen LogP contribution in [-0.2, 0) is 9.59 Å². The summed E-state index contributed by atoms with van der Waals surface area (Å²) in [5.41, 5.74) is 4.58. The summed E-state index contributed by atoms with van der Waals surface area (Å²) in [6.45, 7) is 0. The molecular formula is C41H27N5O2S4Se2. The Morgan fingerprint density at radius 1 is 0.556 bits per heavy atom. The molecule has 0 saturated carbocycles. The van der Waals surface area contributed by atoms with Gasteiger partial charge >= 0.3 is 344 Å². The zero-order valence-corrected chi connectivity index (χ0v) is 35.3. The summed E-state index contributed by atoms with van der Waals surface area (Å²) in [5.74, 6) is -0.0271. The molecule has 2 saturated heterocycles. The van der Waals surface area contributed by atoms with Crippen LogP contribution < -0.4 is 0 Å². The predicted molar refractivity (Wildman–Crippen MR) is 235 cm³/mol. The van der Waals surface area contributed by atoms with Crippen molar-refractivity contribution in [2.45, 2.75) is 0 Å². The van der Waals surface area contributed by atoms with Crippen LogP contribution in [0.2, 0.25) is 0 Å². The zero-order valence-electron chi connectivity index (χ0n) is 28.6. The van der Waals surface area contributed by atoms with E-state index in [0.29, 0.717) is 18.5 Å². The van der Waals surface area contributed by atoms with Crippen LogP contribution in [0.4, 0.5) is 0 Å². The number of carbonyl (C=O) groups excluding carboxylic acids is 2. The molecule has 264 valence electrons. The Labute approximate surface area is 341 Å². The summed E-state index contributed by atoms with van der Waals surface area (Å²) in [5, 5.41) is 4.90. The number of nitrogens with zero attached hydrogens (tertiary/aromatic N) is 5. The maximum absolute atomic E-state index is 12.3. The van der Waals surface area contributed by atoms with Crippen molar-refractivity contribution >= 4 is 153 Å². The number of thioether (sulfide) groups is 2. The van der Waals surface area contributed by atoms with E-state index in [9.17, 15) is 9.59 Å². The Bertz CT molecular complexity index is 2630. The Balaban J connectivity index is 0.000000142. The molecule has 2 amide bonds. The number of carbonyl (C=O) groups is 2. The maximum atomic E-state index is 12.3. The number of rotatable bonds is 4. The molecule has 5 aromatic heterocycles. The standard InChI is InChI=1S/C21H14N2OS2Se.C20H13N3OS2Se/c1-22-20(24)18(26-21(22)25)12-13-10-11-19(27-13)23-16-8-4-2-6-14(16)15-7-3-5-9-17(15)23;1-22-19(24)16(26-20(22)25)11-12-8-9-17(27-12)23-15-7-3-2-5-13(15)14-6-4-10-21-18(14)23/h2-12H,1H3;2-11H,1H3/b18-12+;16-11+. The first-order valence-electron chi connectivity index (χ1n) is 16.7. The van der Waals surface area contributed by atoms with Gasteiger partial charge in [0.2, 0.25) is 0 Å². The van der Waals surface area contributed by atoms with Crippen molar-refractivity contribution in [3.8, 4) is 9.12 Å². The number of pyridine rings is 1. The fourth-order valence-corrected chi connectivity index (χ4v) is 13.4. The molecule has 0 spiro atoms. The van der Waals surface area contributed by atoms with Crippen molar-refractivity contribution in [3.63, 3.8) is 0 Å². The number of hydrogen-bond donors (Lipinski definition) is 0. The van der Waals surface area contributed by atoms with Crippen LogP contribution in [0.3, 0.4) is 0 Å². The summed E-state index contributed by atoms with van der Waals surface area (Å²) >= 11 is 13.4. The normalized spacial score (nSPS) is 16.3. The van der Waals surface area contributed by atoms with Crippen molar-refractivity contribution in [3.05, 3.63) is 134 Å². The van der Waals surface area contributed by atoms with E-state index in [0.717, 1.165) is 21.0 Å². The topological polar surface area (TPSA) is 63.4 Å². The molecule has 0 N–H and O–H groups in total. The number of thiocarbonyl (C=S) groups is 2. The van der Waals surface area contributed by atoms with Crippen molar-refractivity contribution in [1.82, 2.24) is 23.9 Å². The number of para-hydroxylation sites is 3. The van der Waals surface area contributed by atoms with Gasteiger partial charge in [-0.3, -0.25) is 0 Å². The second-order valence-corrected chi connectivity index (χ2v) is 20.4. The first-order valence-corrected chi connectivity index (χ1v) is 22.6. The Morgan fingerprint density at radius 2 is 0.981 bits per heavy atom. The summed E-state index contributed by atoms with van der Waals surface area (Å²) in [7, 11) is 3.45. The molecule has 0 radical (unpaired) electrons. The van der Waals surface area contributed by atoms with Gasteiger partial charge in [-0.05, 0) is 0 Å². The van der Waals surface area contributed by atoms with Crippen LogP contribution in [0.15, 0.2) is 125 Å². The van der Waals surface area contributed by atoms with Crippen LogP contribution in [0.5, 0.6) is 0 Å². The molecule has 3 aromatic carbocycles. The fraction of sp³-hybridized carbons (Fsp3) is 0.0488. The number of likely N-dealkylation sites (N-methyl/N-ethyl adjacent to an activating group) is 2. The van der Waals surface area contributed by atoms with Crippen LogP contribution in [0, 0.1) is 0 Å². The summed E-state index contributed by atoms with van der Waals surface area (Å²) in [4.78, 5) is 33.6. The van der Waals surface area contributed by atoms with Crippen LogP contribution in [0.25, 0.3) is 65.0 Å². The van der Waals surface area contributed by atoms with Crippen LogP contribution in [0.1, 0.15) is 8.87 Å². The molecule has 2 aliphatic rings. The van der Waals surface area contributed by atoms with Gasteiger partial charge in [-0.15, -0.1) is 0 Å². The minimum absolute atomic E-state index is 0.00739. The molecule has 0 unspecified atom stereocenters. The van der Waals surface area contributed by atoms with Gasteiger partial charge in [0, 0.05) is 0 Å². The molecule has 54 heavy (non-hydrogen) atoms. The van der Waals surface area contributed by atoms with E-state index in [4.69, 9.17) is 24.4 Å². The van der Waals surface area contributed by atoms with Crippen molar-refractivity contribution in [1.29, 1.82) is 0 Å². The summed E-state index contributed by atoms with van der Waals surface area (Å²) in [6, 6.07) is 38.1. The van der Waals surface area contributed by atoms with E-state index in [1.807, 2.05) is 24.4 Å². The van der Waals surface area contributed by atoms with Crippen LogP contribution >= 0.6 is 48.0 Å². The zero-order chi connectivity index (χ0) is 37.1. The number of benzene rings is 3. The number of amides is 2. The van der Waals surface area contributed by atoms with Crippen molar-refractivity contribution < 1.29 is 9.59 Å². The third-order valence-corrected chi connectivity index (χ3v) is 16.4. The second kappa shape index (κ2) is 14.4. The summed E-state index contributed by atoms with van der Waals surface area (Å²) in [6.07, 6.45) is 5.81. The minimum atomic E-state index is -0.0197. The molecule has 7 heterocycles. The molecule has 8 aromatic rings. The third kappa shape index (κ3) is 6.19. The van der Waals surface area contributed by atoms with Gasteiger partial charge < -0.3 is 0 Å². The monoisotopic (exact) mass is 909 g/mol. The predicted octanol–water partition coefficient (Wildman–Crippen LogP) is 8.74. The quantitative estimate of drug-likeness (QED) is 0.0996. The van der Waals surface area contributed by atoms with E-state index >= 15 is 0 Å².